The second-order valence-corrected chi connectivity index (χ2v) is 3.10. The maximum absolute atomic E-state index is 11.5. The third kappa shape index (κ3) is 3.33. The monoisotopic (exact) mass is 234 g/mol. The fraction of sp³-hybridized carbons (Fsp3) is 0. The lowest BCUT2D eigenvalue weighted by molar-refractivity contribution is -0.129. The van der Waals surface area contributed by atoms with Gasteiger partial charge in [-0.15, -0.1) is 0 Å². The molecular formula is C12H10O3S. The van der Waals surface area contributed by atoms with Crippen molar-refractivity contribution in [3.63, 3.8) is 0 Å². The minimum atomic E-state index is -0.583. The highest BCUT2D eigenvalue weighted by Crippen LogP contribution is 2.18. The average molecular weight is 234 g/mol. The fourth-order valence-electron chi connectivity index (χ4n) is 0.995. The highest BCUT2D eigenvalue weighted by atomic mass is 32.1. The molecule has 0 bridgehead atoms. The molecule has 4 heteroatoms. The summed E-state index contributed by atoms with van der Waals surface area (Å²) < 4.78 is 4.99. The summed E-state index contributed by atoms with van der Waals surface area (Å²) in [7, 11) is 0. The molecule has 0 unspecified atom stereocenters. The third-order valence-electron chi connectivity index (χ3n) is 1.69. The number of ether oxygens (including phenoxy) is 1. The standard InChI is InChI=1S/C12H10O3S/c1-2-4-9(8-16)12(14)15-11-6-3-5-10(13)7-11/h2-8,13H,1H2/b9-4+. The Morgan fingerprint density at radius 3 is 2.81 bits per heavy atom. The van der Waals surface area contributed by atoms with Gasteiger partial charge in [0.25, 0.3) is 0 Å². The van der Waals surface area contributed by atoms with Crippen molar-refractivity contribution in [2.24, 2.45) is 0 Å². The van der Waals surface area contributed by atoms with Crippen molar-refractivity contribution in [1.82, 2.24) is 0 Å². The number of phenols is 1. The Hall–Kier alpha value is -1.94. The van der Waals surface area contributed by atoms with Crippen LogP contribution in [0.25, 0.3) is 0 Å². The zero-order valence-corrected chi connectivity index (χ0v) is 9.24. The van der Waals surface area contributed by atoms with Crippen LogP contribution in [0.5, 0.6) is 11.5 Å². The number of carbonyl (C=O) groups excluding carboxylic acids is 1. The molecule has 0 aliphatic heterocycles. The Bertz CT molecular complexity index is 449. The van der Waals surface area contributed by atoms with Crippen LogP contribution in [0.1, 0.15) is 0 Å². The first kappa shape index (κ1) is 12.1. The van der Waals surface area contributed by atoms with E-state index in [1.165, 1.54) is 29.7 Å². The van der Waals surface area contributed by atoms with Crippen LogP contribution in [0.15, 0.2) is 48.6 Å². The van der Waals surface area contributed by atoms with Crippen LogP contribution < -0.4 is 4.74 Å². The first-order valence-electron chi connectivity index (χ1n) is 4.46. The second-order valence-electron chi connectivity index (χ2n) is 2.86. The molecule has 1 N–H and O–H groups in total. The van der Waals surface area contributed by atoms with Gasteiger partial charge in [-0.05, 0) is 18.2 Å². The Morgan fingerprint density at radius 2 is 2.25 bits per heavy atom. The molecule has 0 saturated carbocycles. The number of aromatic hydroxyl groups is 1. The lowest BCUT2D eigenvalue weighted by atomic mass is 10.3. The van der Waals surface area contributed by atoms with Crippen molar-refractivity contribution in [3.8, 4) is 11.5 Å². The van der Waals surface area contributed by atoms with Crippen LogP contribution in [0.2, 0.25) is 0 Å². The van der Waals surface area contributed by atoms with E-state index in [1.54, 1.807) is 12.1 Å². The molecule has 0 amide bonds. The Balaban J connectivity index is 2.82. The van der Waals surface area contributed by atoms with E-state index in [2.05, 4.69) is 18.8 Å². The second kappa shape index (κ2) is 5.82. The van der Waals surface area contributed by atoms with Crippen LogP contribution in [-0.2, 0) is 4.79 Å². The summed E-state index contributed by atoms with van der Waals surface area (Å²) >= 11 is 4.67. The Morgan fingerprint density at radius 1 is 1.50 bits per heavy atom. The van der Waals surface area contributed by atoms with Crippen LogP contribution in [0.3, 0.4) is 0 Å². The highest BCUT2D eigenvalue weighted by molar-refractivity contribution is 7.79. The number of rotatable bonds is 4. The molecule has 0 radical (unpaired) electrons. The lowest BCUT2D eigenvalue weighted by Crippen LogP contribution is -2.11. The van der Waals surface area contributed by atoms with Gasteiger partial charge >= 0.3 is 5.97 Å². The van der Waals surface area contributed by atoms with Crippen molar-refractivity contribution in [1.29, 1.82) is 0 Å². The summed E-state index contributed by atoms with van der Waals surface area (Å²) in [6, 6.07) is 5.96. The van der Waals surface area contributed by atoms with Crippen molar-refractivity contribution in [2.75, 3.05) is 0 Å². The van der Waals surface area contributed by atoms with E-state index >= 15 is 0 Å². The molecule has 0 fully saturated rings. The Kier molecular flexibility index (Phi) is 4.42. The van der Waals surface area contributed by atoms with E-state index in [4.69, 9.17) is 4.74 Å². The van der Waals surface area contributed by atoms with Gasteiger partial charge in [0.05, 0.1) is 5.57 Å². The predicted octanol–water partition coefficient (Wildman–Crippen LogP) is 2.41. The molecule has 0 atom stereocenters. The number of allylic oxidation sites excluding steroid dienone is 2. The number of thiocarbonyl (C=S) groups is 1. The Labute approximate surface area is 98.7 Å². The molecule has 0 heterocycles. The summed E-state index contributed by atoms with van der Waals surface area (Å²) in [5, 5.41) is 10.4. The maximum Gasteiger partial charge on any atom is 0.344 e. The smallest absolute Gasteiger partial charge is 0.344 e. The van der Waals surface area contributed by atoms with E-state index in [0.29, 0.717) is 0 Å². The summed E-state index contributed by atoms with van der Waals surface area (Å²) in [6.07, 6.45) is 2.90. The molecule has 16 heavy (non-hydrogen) atoms. The fourth-order valence-corrected chi connectivity index (χ4v) is 1.17. The molecule has 1 aromatic carbocycles. The molecule has 82 valence electrons. The van der Waals surface area contributed by atoms with E-state index in [0.717, 1.165) is 0 Å². The van der Waals surface area contributed by atoms with Gasteiger partial charge in [-0.2, -0.15) is 0 Å². The van der Waals surface area contributed by atoms with E-state index in [-0.39, 0.29) is 17.1 Å². The number of hydrogen-bond acceptors (Lipinski definition) is 4. The van der Waals surface area contributed by atoms with Gasteiger partial charge in [-0.3, -0.25) is 0 Å². The normalized spacial score (nSPS) is 10.6. The van der Waals surface area contributed by atoms with Crippen molar-refractivity contribution >= 4 is 23.6 Å². The molecule has 3 nitrogen and oxygen atoms in total. The number of benzene rings is 1. The molecule has 1 rings (SSSR count). The van der Waals surface area contributed by atoms with Gasteiger partial charge < -0.3 is 9.84 Å². The number of phenolic OH excluding ortho intramolecular Hbond substituents is 1. The lowest BCUT2D eigenvalue weighted by Gasteiger charge is -2.03. The largest absolute Gasteiger partial charge is 0.508 e. The van der Waals surface area contributed by atoms with E-state index < -0.39 is 5.97 Å². The van der Waals surface area contributed by atoms with Crippen molar-refractivity contribution in [3.05, 3.63) is 48.6 Å². The zero-order chi connectivity index (χ0) is 12.0. The van der Waals surface area contributed by atoms with Gasteiger partial charge in [-0.25, -0.2) is 4.79 Å². The molecule has 0 aliphatic carbocycles. The van der Waals surface area contributed by atoms with Crippen LogP contribution in [-0.4, -0.2) is 16.4 Å². The topological polar surface area (TPSA) is 46.5 Å². The molecule has 1 aromatic rings. The van der Waals surface area contributed by atoms with E-state index in [1.807, 2.05) is 0 Å². The van der Waals surface area contributed by atoms with Crippen LogP contribution in [0, 0.1) is 0 Å². The molecule has 0 spiro atoms. The van der Waals surface area contributed by atoms with Crippen molar-refractivity contribution < 1.29 is 14.6 Å². The van der Waals surface area contributed by atoms with Gasteiger partial charge in [0.1, 0.15) is 11.5 Å². The van der Waals surface area contributed by atoms with Crippen LogP contribution >= 0.6 is 12.2 Å². The molecule has 0 aromatic heterocycles. The summed E-state index contributed by atoms with van der Waals surface area (Å²) in [5.74, 6) is -0.292. The van der Waals surface area contributed by atoms with Crippen LogP contribution in [0.4, 0.5) is 0 Å². The average Bonchev–Trinajstić information content (AvgIpc) is 2.25. The number of esters is 1. The minimum absolute atomic E-state index is 0.0295. The molecular weight excluding hydrogens is 224 g/mol. The van der Waals surface area contributed by atoms with Crippen molar-refractivity contribution in [2.45, 2.75) is 0 Å². The highest BCUT2D eigenvalue weighted by Gasteiger charge is 2.08. The summed E-state index contributed by atoms with van der Waals surface area (Å²) in [6.45, 7) is 3.46. The SMILES string of the molecule is C=C/C=C(\C=S)C(=O)Oc1cccc(O)c1. The van der Waals surface area contributed by atoms with E-state index in [9.17, 15) is 9.90 Å². The van der Waals surface area contributed by atoms with Gasteiger partial charge in [0, 0.05) is 11.4 Å². The number of hydrogen-bond donors (Lipinski definition) is 1. The zero-order valence-electron chi connectivity index (χ0n) is 8.42. The quantitative estimate of drug-likeness (QED) is 0.286. The minimum Gasteiger partial charge on any atom is -0.508 e. The predicted molar refractivity (Wildman–Crippen MR) is 65.7 cm³/mol. The molecule has 0 aliphatic rings. The third-order valence-corrected chi connectivity index (χ3v) is 1.94. The summed E-state index contributed by atoms with van der Waals surface area (Å²) in [5.41, 5.74) is 0.230. The first-order chi connectivity index (χ1) is 7.67. The van der Waals surface area contributed by atoms with Gasteiger partial charge in [-0.1, -0.05) is 30.9 Å². The van der Waals surface area contributed by atoms with Gasteiger partial charge in [0.2, 0.25) is 0 Å². The summed E-state index contributed by atoms with van der Waals surface area (Å²) in [4.78, 5) is 11.5. The first-order valence-corrected chi connectivity index (χ1v) is 4.93. The van der Waals surface area contributed by atoms with Gasteiger partial charge in [0.15, 0.2) is 0 Å². The number of carbonyl (C=O) groups is 1. The maximum atomic E-state index is 11.5. The molecule has 0 saturated heterocycles.